The monoisotopic (exact) mass is 279 g/mol. The predicted molar refractivity (Wildman–Crippen MR) is 75.2 cm³/mol. The largest absolute Gasteiger partial charge is 0.388 e. The first kappa shape index (κ1) is 14.0. The van der Waals surface area contributed by atoms with Gasteiger partial charge in [0.2, 0.25) is 0 Å². The Balaban J connectivity index is 2.16. The van der Waals surface area contributed by atoms with Crippen molar-refractivity contribution in [1.29, 1.82) is 0 Å². The lowest BCUT2D eigenvalue weighted by molar-refractivity contribution is 0.174. The fraction of sp³-hybridized carbons (Fsp3) is 0.429. The number of hydrogen-bond donors (Lipinski definition) is 1. The van der Waals surface area contributed by atoms with Gasteiger partial charge in [0.1, 0.15) is 12.2 Å². The van der Waals surface area contributed by atoms with Crippen molar-refractivity contribution in [1.82, 2.24) is 14.8 Å². The van der Waals surface area contributed by atoms with E-state index >= 15 is 0 Å². The molecule has 0 aliphatic carbocycles. The zero-order valence-electron chi connectivity index (χ0n) is 11.2. The number of halogens is 1. The Kier molecular flexibility index (Phi) is 4.56. The second-order valence-corrected chi connectivity index (χ2v) is 5.05. The molecule has 1 aromatic carbocycles. The molecular formula is C14H18ClN3O. The Hall–Kier alpha value is -1.39. The summed E-state index contributed by atoms with van der Waals surface area (Å²) in [4.78, 5) is 4.20. The number of rotatable bonds is 5. The molecule has 0 amide bonds. The maximum atomic E-state index is 10.3. The zero-order chi connectivity index (χ0) is 13.8. The SMILES string of the molecule is CCCn1ncnc1CC(O)c1ccc(C)cc1Cl. The van der Waals surface area contributed by atoms with Crippen LogP contribution >= 0.6 is 11.6 Å². The molecule has 19 heavy (non-hydrogen) atoms. The van der Waals surface area contributed by atoms with E-state index in [1.807, 2.05) is 29.8 Å². The van der Waals surface area contributed by atoms with Crippen LogP contribution in [0.25, 0.3) is 0 Å². The molecule has 4 nitrogen and oxygen atoms in total. The number of hydrogen-bond acceptors (Lipinski definition) is 3. The summed E-state index contributed by atoms with van der Waals surface area (Å²) in [5, 5.41) is 15.0. The van der Waals surface area contributed by atoms with Crippen LogP contribution in [-0.4, -0.2) is 19.9 Å². The highest BCUT2D eigenvalue weighted by molar-refractivity contribution is 6.31. The molecule has 0 saturated carbocycles. The summed E-state index contributed by atoms with van der Waals surface area (Å²) in [6.45, 7) is 4.86. The molecule has 1 aromatic heterocycles. The minimum Gasteiger partial charge on any atom is -0.388 e. The van der Waals surface area contributed by atoms with Gasteiger partial charge >= 0.3 is 0 Å². The maximum absolute atomic E-state index is 10.3. The van der Waals surface area contributed by atoms with Gasteiger partial charge in [-0.05, 0) is 30.5 Å². The molecule has 1 heterocycles. The van der Waals surface area contributed by atoms with Gasteiger partial charge in [0, 0.05) is 18.0 Å². The number of aliphatic hydroxyl groups is 1. The lowest BCUT2D eigenvalue weighted by atomic mass is 10.0. The molecule has 0 aliphatic rings. The van der Waals surface area contributed by atoms with E-state index in [-0.39, 0.29) is 0 Å². The van der Waals surface area contributed by atoms with Crippen molar-refractivity contribution in [3.8, 4) is 0 Å². The van der Waals surface area contributed by atoms with Crippen molar-refractivity contribution in [2.24, 2.45) is 0 Å². The standard InChI is InChI=1S/C14H18ClN3O/c1-3-6-18-14(16-9-17-18)8-13(19)11-5-4-10(2)7-12(11)15/h4-5,7,9,13,19H,3,6,8H2,1-2H3. The third-order valence-electron chi connectivity index (χ3n) is 3.02. The van der Waals surface area contributed by atoms with Crippen molar-refractivity contribution < 1.29 is 5.11 Å². The van der Waals surface area contributed by atoms with Gasteiger partial charge in [0.15, 0.2) is 0 Å². The van der Waals surface area contributed by atoms with Gasteiger partial charge in [-0.15, -0.1) is 0 Å². The van der Waals surface area contributed by atoms with Crippen molar-refractivity contribution in [2.75, 3.05) is 0 Å². The molecule has 0 aliphatic heterocycles. The van der Waals surface area contributed by atoms with Crippen LogP contribution in [0.1, 0.15) is 36.4 Å². The van der Waals surface area contributed by atoms with Gasteiger partial charge in [0.05, 0.1) is 6.10 Å². The van der Waals surface area contributed by atoms with E-state index < -0.39 is 6.10 Å². The van der Waals surface area contributed by atoms with E-state index in [0.717, 1.165) is 29.9 Å². The first-order valence-corrected chi connectivity index (χ1v) is 6.80. The number of benzene rings is 1. The van der Waals surface area contributed by atoms with Crippen LogP contribution in [0, 0.1) is 6.92 Å². The van der Waals surface area contributed by atoms with Crippen LogP contribution in [-0.2, 0) is 13.0 Å². The second-order valence-electron chi connectivity index (χ2n) is 4.64. The number of aliphatic hydroxyl groups excluding tert-OH is 1. The van der Waals surface area contributed by atoms with E-state index in [2.05, 4.69) is 17.0 Å². The molecule has 5 heteroatoms. The van der Waals surface area contributed by atoms with Gasteiger partial charge < -0.3 is 5.11 Å². The molecule has 102 valence electrons. The summed E-state index contributed by atoms with van der Waals surface area (Å²) in [5.74, 6) is 0.783. The minimum atomic E-state index is -0.659. The van der Waals surface area contributed by atoms with Crippen LogP contribution in [0.2, 0.25) is 5.02 Å². The van der Waals surface area contributed by atoms with Crippen molar-refractivity contribution in [3.05, 3.63) is 46.5 Å². The topological polar surface area (TPSA) is 50.9 Å². The summed E-state index contributed by atoms with van der Waals surface area (Å²) in [6, 6.07) is 5.67. The molecule has 0 spiro atoms. The van der Waals surface area contributed by atoms with Crippen LogP contribution in [0.4, 0.5) is 0 Å². The average Bonchev–Trinajstić information content (AvgIpc) is 2.77. The Bertz CT molecular complexity index is 553. The van der Waals surface area contributed by atoms with Crippen LogP contribution < -0.4 is 0 Å². The van der Waals surface area contributed by atoms with E-state index in [0.29, 0.717) is 11.4 Å². The van der Waals surface area contributed by atoms with Gasteiger partial charge in [-0.1, -0.05) is 30.7 Å². The fourth-order valence-electron chi connectivity index (χ4n) is 2.03. The molecule has 2 rings (SSSR count). The van der Waals surface area contributed by atoms with E-state index in [9.17, 15) is 5.11 Å². The van der Waals surface area contributed by atoms with E-state index in [1.165, 1.54) is 6.33 Å². The third kappa shape index (κ3) is 3.33. The smallest absolute Gasteiger partial charge is 0.138 e. The Morgan fingerprint density at radius 1 is 1.42 bits per heavy atom. The predicted octanol–water partition coefficient (Wildman–Crippen LogP) is 2.93. The van der Waals surface area contributed by atoms with Crippen molar-refractivity contribution in [3.63, 3.8) is 0 Å². The Morgan fingerprint density at radius 3 is 2.89 bits per heavy atom. The molecular weight excluding hydrogens is 262 g/mol. The summed E-state index contributed by atoms with van der Waals surface area (Å²) in [7, 11) is 0. The lowest BCUT2D eigenvalue weighted by Crippen LogP contribution is -2.10. The minimum absolute atomic E-state index is 0.419. The molecule has 0 fully saturated rings. The summed E-state index contributed by atoms with van der Waals surface area (Å²) in [6.07, 6.45) is 2.27. The molecule has 1 unspecified atom stereocenters. The number of aryl methyl sites for hydroxylation is 2. The molecule has 0 radical (unpaired) electrons. The highest BCUT2D eigenvalue weighted by Crippen LogP contribution is 2.26. The van der Waals surface area contributed by atoms with Crippen molar-refractivity contribution in [2.45, 2.75) is 39.3 Å². The quantitative estimate of drug-likeness (QED) is 0.915. The summed E-state index contributed by atoms with van der Waals surface area (Å²) < 4.78 is 1.82. The van der Waals surface area contributed by atoms with Crippen LogP contribution in [0.3, 0.4) is 0 Å². The fourth-order valence-corrected chi connectivity index (χ4v) is 2.39. The van der Waals surface area contributed by atoms with Gasteiger partial charge in [0.25, 0.3) is 0 Å². The highest BCUT2D eigenvalue weighted by Gasteiger charge is 2.15. The first-order valence-electron chi connectivity index (χ1n) is 6.42. The summed E-state index contributed by atoms with van der Waals surface area (Å²) >= 11 is 6.16. The Morgan fingerprint density at radius 2 is 2.21 bits per heavy atom. The van der Waals surface area contributed by atoms with Gasteiger partial charge in [-0.25, -0.2) is 4.98 Å². The molecule has 2 aromatic rings. The average molecular weight is 280 g/mol. The van der Waals surface area contributed by atoms with Gasteiger partial charge in [-0.2, -0.15) is 5.10 Å². The molecule has 1 N–H and O–H groups in total. The lowest BCUT2D eigenvalue weighted by Gasteiger charge is -2.13. The van der Waals surface area contributed by atoms with Gasteiger partial charge in [-0.3, -0.25) is 4.68 Å². The third-order valence-corrected chi connectivity index (χ3v) is 3.35. The van der Waals surface area contributed by atoms with Crippen molar-refractivity contribution >= 4 is 11.6 Å². The maximum Gasteiger partial charge on any atom is 0.138 e. The zero-order valence-corrected chi connectivity index (χ0v) is 11.9. The second kappa shape index (κ2) is 6.17. The first-order chi connectivity index (χ1) is 9.11. The molecule has 0 saturated heterocycles. The normalized spacial score (nSPS) is 12.6. The van der Waals surface area contributed by atoms with Crippen LogP contribution in [0.15, 0.2) is 24.5 Å². The van der Waals surface area contributed by atoms with Crippen LogP contribution in [0.5, 0.6) is 0 Å². The Labute approximate surface area is 118 Å². The number of nitrogens with zero attached hydrogens (tertiary/aromatic N) is 3. The number of aromatic nitrogens is 3. The summed E-state index contributed by atoms with van der Waals surface area (Å²) in [5.41, 5.74) is 1.81. The molecule has 0 bridgehead atoms. The van der Waals surface area contributed by atoms with E-state index in [1.54, 1.807) is 0 Å². The highest BCUT2D eigenvalue weighted by atomic mass is 35.5. The van der Waals surface area contributed by atoms with E-state index in [4.69, 9.17) is 11.6 Å². The molecule has 1 atom stereocenters.